The van der Waals surface area contributed by atoms with Gasteiger partial charge in [-0.3, -0.25) is 9.40 Å². The highest BCUT2D eigenvalue weighted by atomic mass is 32.2. The first-order valence-corrected chi connectivity index (χ1v) is 6.89. The van der Waals surface area contributed by atoms with E-state index in [0.29, 0.717) is 5.69 Å². The lowest BCUT2D eigenvalue weighted by Crippen LogP contribution is -2.24. The van der Waals surface area contributed by atoms with Crippen molar-refractivity contribution >= 4 is 21.7 Å². The summed E-state index contributed by atoms with van der Waals surface area (Å²) in [5.41, 5.74) is 0.666. The lowest BCUT2D eigenvalue weighted by atomic mass is 10.3. The Morgan fingerprint density at radius 2 is 2.00 bits per heavy atom. The molecule has 0 aromatic carbocycles. The van der Waals surface area contributed by atoms with Crippen LogP contribution in [0.2, 0.25) is 0 Å². The van der Waals surface area contributed by atoms with Gasteiger partial charge in [0.1, 0.15) is 5.69 Å². The minimum absolute atomic E-state index is 0.0826. The molecule has 0 atom stereocenters. The van der Waals surface area contributed by atoms with Crippen molar-refractivity contribution in [1.82, 2.24) is 9.78 Å². The van der Waals surface area contributed by atoms with Crippen LogP contribution in [0, 0.1) is 6.92 Å². The molecule has 102 valence electrons. The van der Waals surface area contributed by atoms with Gasteiger partial charge in [0.15, 0.2) is 5.69 Å². The highest BCUT2D eigenvalue weighted by Crippen LogP contribution is 2.22. The summed E-state index contributed by atoms with van der Waals surface area (Å²) in [5.74, 6) is -0.639. The van der Waals surface area contributed by atoms with E-state index in [-0.39, 0.29) is 11.4 Å². The van der Waals surface area contributed by atoms with E-state index in [1.54, 1.807) is 27.8 Å². The fourth-order valence-electron chi connectivity index (χ4n) is 1.37. The van der Waals surface area contributed by atoms with Gasteiger partial charge < -0.3 is 4.74 Å². The van der Waals surface area contributed by atoms with Gasteiger partial charge in [-0.05, 0) is 20.8 Å². The van der Waals surface area contributed by atoms with Crippen LogP contribution in [0.3, 0.4) is 0 Å². The molecule has 1 aromatic heterocycles. The molecule has 0 spiro atoms. The van der Waals surface area contributed by atoms with E-state index >= 15 is 0 Å². The third kappa shape index (κ3) is 2.63. The van der Waals surface area contributed by atoms with Gasteiger partial charge in [0.2, 0.25) is 10.0 Å². The van der Waals surface area contributed by atoms with Gasteiger partial charge >= 0.3 is 5.97 Å². The number of hydrogen-bond acceptors (Lipinski definition) is 5. The van der Waals surface area contributed by atoms with Crippen molar-refractivity contribution in [2.75, 3.05) is 11.8 Å². The summed E-state index contributed by atoms with van der Waals surface area (Å²) in [7, 11) is -0.760. The second-order valence-corrected chi connectivity index (χ2v) is 6.36. The monoisotopic (exact) mass is 275 g/mol. The van der Waals surface area contributed by atoms with E-state index in [9.17, 15) is 13.2 Å². The van der Waals surface area contributed by atoms with E-state index in [1.807, 2.05) is 0 Å². The maximum absolute atomic E-state index is 11.8. The van der Waals surface area contributed by atoms with Crippen LogP contribution in [0.25, 0.3) is 0 Å². The van der Waals surface area contributed by atoms with Gasteiger partial charge in [0.05, 0.1) is 18.1 Å². The first-order chi connectivity index (χ1) is 8.20. The minimum Gasteiger partial charge on any atom is -0.464 e. The largest absolute Gasteiger partial charge is 0.464 e. The van der Waals surface area contributed by atoms with Crippen molar-refractivity contribution in [3.63, 3.8) is 0 Å². The van der Waals surface area contributed by atoms with Gasteiger partial charge in [-0.1, -0.05) is 0 Å². The van der Waals surface area contributed by atoms with E-state index in [4.69, 9.17) is 0 Å². The molecule has 0 unspecified atom stereocenters. The van der Waals surface area contributed by atoms with Gasteiger partial charge in [-0.25, -0.2) is 13.2 Å². The van der Waals surface area contributed by atoms with Gasteiger partial charge in [-0.15, -0.1) is 0 Å². The first kappa shape index (κ1) is 14.5. The van der Waals surface area contributed by atoms with Crippen molar-refractivity contribution in [1.29, 1.82) is 0 Å². The van der Waals surface area contributed by atoms with Gasteiger partial charge in [0.25, 0.3) is 0 Å². The molecule has 0 bridgehead atoms. The Balaban J connectivity index is 3.29. The third-order valence-corrected chi connectivity index (χ3v) is 4.20. The molecule has 0 aliphatic heterocycles. The van der Waals surface area contributed by atoms with E-state index in [1.165, 1.54) is 11.8 Å². The quantitative estimate of drug-likeness (QED) is 0.815. The summed E-state index contributed by atoms with van der Waals surface area (Å²) < 4.78 is 31.9. The predicted octanol–water partition coefficient (Wildman–Crippen LogP) is 0.665. The van der Waals surface area contributed by atoms with Gasteiger partial charge in [0, 0.05) is 7.05 Å². The van der Waals surface area contributed by atoms with Crippen molar-refractivity contribution in [3.05, 3.63) is 11.4 Å². The fraction of sp³-hybridized carbons (Fsp3) is 0.600. The Morgan fingerprint density at radius 1 is 1.44 bits per heavy atom. The number of hydrogen-bond donors (Lipinski definition) is 1. The standard InChI is InChI=1S/C10H17N3O4S/c1-6(2)18(15,16)12-8-7(3)11-13(4)9(8)10(14)17-5/h6,12H,1-5H3. The maximum Gasteiger partial charge on any atom is 0.358 e. The molecule has 7 nitrogen and oxygen atoms in total. The number of aromatic nitrogens is 2. The Morgan fingerprint density at radius 3 is 2.44 bits per heavy atom. The number of sulfonamides is 1. The molecule has 1 N–H and O–H groups in total. The number of anilines is 1. The molecule has 1 heterocycles. The zero-order chi connectivity index (χ0) is 14.1. The molecule has 0 amide bonds. The van der Waals surface area contributed by atoms with Crippen LogP contribution in [0.1, 0.15) is 30.0 Å². The minimum atomic E-state index is -3.54. The van der Waals surface area contributed by atoms with E-state index in [0.717, 1.165) is 0 Å². The Bertz CT molecular complexity index is 560. The van der Waals surface area contributed by atoms with Crippen LogP contribution in [-0.4, -0.2) is 36.5 Å². The lowest BCUT2D eigenvalue weighted by Gasteiger charge is -2.11. The number of rotatable bonds is 4. The fourth-order valence-corrected chi connectivity index (χ4v) is 2.14. The second-order valence-electron chi connectivity index (χ2n) is 4.12. The second kappa shape index (κ2) is 4.97. The molecule has 0 fully saturated rings. The molecular formula is C10H17N3O4S. The number of esters is 1. The molecule has 1 rings (SSSR count). The summed E-state index contributed by atoms with van der Waals surface area (Å²) >= 11 is 0. The normalized spacial score (nSPS) is 11.7. The number of carbonyl (C=O) groups excluding carboxylic acids is 1. The van der Waals surface area contributed by atoms with Crippen LogP contribution in [-0.2, 0) is 21.8 Å². The molecular weight excluding hydrogens is 258 g/mol. The van der Waals surface area contributed by atoms with Crippen LogP contribution in [0.5, 0.6) is 0 Å². The number of nitrogens with zero attached hydrogens (tertiary/aromatic N) is 2. The highest BCUT2D eigenvalue weighted by Gasteiger charge is 2.25. The van der Waals surface area contributed by atoms with E-state index in [2.05, 4.69) is 14.6 Å². The molecule has 0 radical (unpaired) electrons. The average Bonchev–Trinajstić information content (AvgIpc) is 2.52. The van der Waals surface area contributed by atoms with E-state index < -0.39 is 21.2 Å². The molecule has 1 aromatic rings. The number of nitrogens with one attached hydrogen (secondary N) is 1. The Labute approximate surface area is 106 Å². The topological polar surface area (TPSA) is 90.3 Å². The highest BCUT2D eigenvalue weighted by molar-refractivity contribution is 7.93. The van der Waals surface area contributed by atoms with Gasteiger partial charge in [-0.2, -0.15) is 5.10 Å². The third-order valence-electron chi connectivity index (χ3n) is 2.47. The SMILES string of the molecule is COC(=O)c1c(NS(=O)(=O)C(C)C)c(C)nn1C. The summed E-state index contributed by atoms with van der Waals surface area (Å²) in [5, 5.41) is 3.40. The molecule has 0 saturated heterocycles. The van der Waals surface area contributed by atoms with Crippen molar-refractivity contribution in [2.45, 2.75) is 26.0 Å². The molecule has 0 saturated carbocycles. The summed E-state index contributed by atoms with van der Waals surface area (Å²) in [6.45, 7) is 4.71. The zero-order valence-electron chi connectivity index (χ0n) is 11.0. The predicted molar refractivity (Wildman–Crippen MR) is 67.0 cm³/mol. The Hall–Kier alpha value is -1.57. The number of ether oxygens (including phenoxy) is 1. The molecule has 8 heteroatoms. The van der Waals surface area contributed by atoms with Crippen molar-refractivity contribution in [2.24, 2.45) is 7.05 Å². The summed E-state index contributed by atoms with van der Waals surface area (Å²) in [4.78, 5) is 11.6. The van der Waals surface area contributed by atoms with Crippen molar-refractivity contribution in [3.8, 4) is 0 Å². The summed E-state index contributed by atoms with van der Waals surface area (Å²) in [6.07, 6.45) is 0. The average molecular weight is 275 g/mol. The van der Waals surface area contributed by atoms with Crippen LogP contribution >= 0.6 is 0 Å². The van der Waals surface area contributed by atoms with Crippen LogP contribution in [0.15, 0.2) is 0 Å². The Kier molecular flexibility index (Phi) is 4.00. The number of methoxy groups -OCH3 is 1. The lowest BCUT2D eigenvalue weighted by molar-refractivity contribution is 0.0589. The zero-order valence-corrected chi connectivity index (χ0v) is 11.8. The molecule has 0 aliphatic carbocycles. The number of aryl methyl sites for hydroxylation is 2. The maximum atomic E-state index is 11.8. The molecule has 0 aliphatic rings. The number of carbonyl (C=O) groups is 1. The first-order valence-electron chi connectivity index (χ1n) is 5.34. The van der Waals surface area contributed by atoms with Crippen LogP contribution < -0.4 is 4.72 Å². The van der Waals surface area contributed by atoms with Crippen molar-refractivity contribution < 1.29 is 17.9 Å². The molecule has 18 heavy (non-hydrogen) atoms. The smallest absolute Gasteiger partial charge is 0.358 e. The summed E-state index contributed by atoms with van der Waals surface area (Å²) in [6, 6.07) is 0. The van der Waals surface area contributed by atoms with Crippen LogP contribution in [0.4, 0.5) is 5.69 Å².